The van der Waals surface area contributed by atoms with Gasteiger partial charge in [0.1, 0.15) is 10.8 Å². The summed E-state index contributed by atoms with van der Waals surface area (Å²) in [6.45, 7) is 7.47. The summed E-state index contributed by atoms with van der Waals surface area (Å²) >= 11 is 1.40. The molecular formula is C28H27FN2O4S. The van der Waals surface area contributed by atoms with Crippen molar-refractivity contribution >= 4 is 23.3 Å². The van der Waals surface area contributed by atoms with Crippen molar-refractivity contribution in [3.63, 3.8) is 0 Å². The Morgan fingerprint density at radius 1 is 0.972 bits per heavy atom. The third kappa shape index (κ3) is 4.95. The first-order valence-electron chi connectivity index (χ1n) is 11.7. The summed E-state index contributed by atoms with van der Waals surface area (Å²) in [5.74, 6) is -2.01. The summed E-state index contributed by atoms with van der Waals surface area (Å²) in [5.41, 5.74) is 4.44. The van der Waals surface area contributed by atoms with Gasteiger partial charge in [0.2, 0.25) is 0 Å². The molecule has 2 aromatic carbocycles. The molecule has 0 saturated carbocycles. The van der Waals surface area contributed by atoms with Gasteiger partial charge in [0.05, 0.1) is 36.0 Å². The average Bonchev–Trinajstić information content (AvgIpc) is 3.34. The standard InChI is InChI=1S/C28H27FN2O4S/c1-5-34-27(32)23-16(3)30-17(4)24(28(33)35-6-2)25(23)18-10-9-11-19(14-18)26-31-22(15-36-26)20-12-7-8-13-21(20)29/h7-15,25,30H,5-6H2,1-4H3. The third-order valence-electron chi connectivity index (χ3n) is 5.87. The van der Waals surface area contributed by atoms with Crippen LogP contribution in [0.25, 0.3) is 21.8 Å². The number of hydrogen-bond acceptors (Lipinski definition) is 7. The Balaban J connectivity index is 1.80. The van der Waals surface area contributed by atoms with Crippen molar-refractivity contribution in [3.05, 3.63) is 87.8 Å². The highest BCUT2D eigenvalue weighted by molar-refractivity contribution is 7.13. The van der Waals surface area contributed by atoms with Gasteiger partial charge in [-0.3, -0.25) is 0 Å². The van der Waals surface area contributed by atoms with Gasteiger partial charge in [0.25, 0.3) is 0 Å². The van der Waals surface area contributed by atoms with E-state index in [-0.39, 0.29) is 19.0 Å². The fourth-order valence-electron chi connectivity index (χ4n) is 4.34. The Bertz CT molecular complexity index is 1340. The SMILES string of the molecule is CCOC(=O)C1=C(C)NC(C)=C(C(=O)OCC)C1c1cccc(-c2nc(-c3ccccc3F)cs2)c1. The number of halogens is 1. The smallest absolute Gasteiger partial charge is 0.336 e. The minimum absolute atomic E-state index is 0.206. The molecule has 2 heterocycles. The van der Waals surface area contributed by atoms with Crippen molar-refractivity contribution in [1.29, 1.82) is 0 Å². The number of benzene rings is 2. The van der Waals surface area contributed by atoms with Crippen molar-refractivity contribution in [2.75, 3.05) is 13.2 Å². The molecule has 8 heteroatoms. The zero-order chi connectivity index (χ0) is 25.8. The fraction of sp³-hybridized carbons (Fsp3) is 0.250. The molecule has 0 unspecified atom stereocenters. The van der Waals surface area contributed by atoms with Gasteiger partial charge in [-0.2, -0.15) is 0 Å². The number of ether oxygens (including phenoxy) is 2. The number of rotatable bonds is 7. The van der Waals surface area contributed by atoms with Gasteiger partial charge in [-0.05, 0) is 51.5 Å². The summed E-state index contributed by atoms with van der Waals surface area (Å²) in [6, 6.07) is 14.0. The summed E-state index contributed by atoms with van der Waals surface area (Å²) in [4.78, 5) is 30.7. The van der Waals surface area contributed by atoms with E-state index in [1.807, 2.05) is 29.6 Å². The lowest BCUT2D eigenvalue weighted by Gasteiger charge is -2.30. The molecular weight excluding hydrogens is 479 g/mol. The molecule has 0 fully saturated rings. The molecule has 1 N–H and O–H groups in total. The van der Waals surface area contributed by atoms with Gasteiger partial charge in [-0.25, -0.2) is 19.0 Å². The highest BCUT2D eigenvalue weighted by atomic mass is 32.1. The molecule has 1 aromatic heterocycles. The first-order chi connectivity index (χ1) is 17.3. The second-order valence-electron chi connectivity index (χ2n) is 8.22. The summed E-state index contributed by atoms with van der Waals surface area (Å²) in [7, 11) is 0. The van der Waals surface area contributed by atoms with Crippen LogP contribution in [0.15, 0.2) is 76.5 Å². The largest absolute Gasteiger partial charge is 0.463 e. The highest BCUT2D eigenvalue weighted by Crippen LogP contribution is 2.41. The lowest BCUT2D eigenvalue weighted by molar-refractivity contribution is -0.139. The number of nitrogens with one attached hydrogen (secondary N) is 1. The van der Waals surface area contributed by atoms with E-state index in [0.717, 1.165) is 11.1 Å². The molecule has 0 radical (unpaired) electrons. The van der Waals surface area contributed by atoms with E-state index in [9.17, 15) is 14.0 Å². The number of aromatic nitrogens is 1. The van der Waals surface area contributed by atoms with E-state index in [2.05, 4.69) is 10.3 Å². The third-order valence-corrected chi connectivity index (χ3v) is 6.76. The van der Waals surface area contributed by atoms with E-state index in [0.29, 0.717) is 38.8 Å². The maximum absolute atomic E-state index is 14.3. The van der Waals surface area contributed by atoms with Gasteiger partial charge >= 0.3 is 11.9 Å². The van der Waals surface area contributed by atoms with E-state index < -0.39 is 17.9 Å². The number of allylic oxidation sites excluding steroid dienone is 2. The van der Waals surface area contributed by atoms with Crippen molar-refractivity contribution < 1.29 is 23.5 Å². The number of thiazole rings is 1. The van der Waals surface area contributed by atoms with Crippen molar-refractivity contribution in [3.8, 4) is 21.8 Å². The normalized spacial score (nSPS) is 14.0. The van der Waals surface area contributed by atoms with Crippen LogP contribution in [0.2, 0.25) is 0 Å². The van der Waals surface area contributed by atoms with Crippen LogP contribution in [-0.2, 0) is 19.1 Å². The lowest BCUT2D eigenvalue weighted by atomic mass is 9.80. The second kappa shape index (κ2) is 10.9. The number of esters is 2. The zero-order valence-electron chi connectivity index (χ0n) is 20.6. The number of carbonyl (C=O) groups excluding carboxylic acids is 2. The molecule has 0 saturated heterocycles. The van der Waals surface area contributed by atoms with Crippen LogP contribution in [0, 0.1) is 5.82 Å². The van der Waals surface area contributed by atoms with Crippen LogP contribution < -0.4 is 5.32 Å². The van der Waals surface area contributed by atoms with Crippen molar-refractivity contribution in [2.24, 2.45) is 0 Å². The topological polar surface area (TPSA) is 77.5 Å². The first-order valence-corrected chi connectivity index (χ1v) is 12.6. The molecule has 0 bridgehead atoms. The quantitative estimate of drug-likeness (QED) is 0.398. The minimum Gasteiger partial charge on any atom is -0.463 e. The fourth-order valence-corrected chi connectivity index (χ4v) is 5.15. The van der Waals surface area contributed by atoms with Crippen LogP contribution in [-0.4, -0.2) is 30.1 Å². The Hall–Kier alpha value is -3.78. The van der Waals surface area contributed by atoms with Crippen molar-refractivity contribution in [2.45, 2.75) is 33.6 Å². The Kier molecular flexibility index (Phi) is 7.64. The van der Waals surface area contributed by atoms with Crippen LogP contribution in [0.5, 0.6) is 0 Å². The van der Waals surface area contributed by atoms with E-state index in [1.54, 1.807) is 45.9 Å². The molecule has 36 heavy (non-hydrogen) atoms. The van der Waals surface area contributed by atoms with Gasteiger partial charge in [-0.1, -0.05) is 30.3 Å². The Labute approximate surface area is 213 Å². The maximum atomic E-state index is 14.3. The molecule has 4 rings (SSSR count). The minimum atomic E-state index is -0.685. The molecule has 0 aliphatic carbocycles. The molecule has 186 valence electrons. The number of nitrogens with zero attached hydrogens (tertiary/aromatic N) is 1. The molecule has 3 aromatic rings. The average molecular weight is 507 g/mol. The zero-order valence-corrected chi connectivity index (χ0v) is 21.4. The lowest BCUT2D eigenvalue weighted by Crippen LogP contribution is -2.32. The first kappa shape index (κ1) is 25.3. The van der Waals surface area contributed by atoms with Crippen LogP contribution in [0.1, 0.15) is 39.2 Å². The van der Waals surface area contributed by atoms with Gasteiger partial charge in [0.15, 0.2) is 0 Å². The number of dihydropyridines is 1. The second-order valence-corrected chi connectivity index (χ2v) is 9.08. The number of carbonyl (C=O) groups is 2. The Morgan fingerprint density at radius 2 is 1.61 bits per heavy atom. The van der Waals surface area contributed by atoms with Gasteiger partial charge < -0.3 is 14.8 Å². The number of hydrogen-bond donors (Lipinski definition) is 1. The molecule has 6 nitrogen and oxygen atoms in total. The highest BCUT2D eigenvalue weighted by Gasteiger charge is 2.38. The molecule has 0 amide bonds. The van der Waals surface area contributed by atoms with E-state index in [4.69, 9.17) is 9.47 Å². The van der Waals surface area contributed by atoms with Crippen LogP contribution >= 0.6 is 11.3 Å². The Morgan fingerprint density at radius 3 is 2.22 bits per heavy atom. The van der Waals surface area contributed by atoms with Crippen LogP contribution in [0.3, 0.4) is 0 Å². The summed E-state index contributed by atoms with van der Waals surface area (Å²) < 4.78 is 25.0. The van der Waals surface area contributed by atoms with E-state index >= 15 is 0 Å². The summed E-state index contributed by atoms with van der Waals surface area (Å²) in [5, 5.41) is 5.65. The maximum Gasteiger partial charge on any atom is 0.336 e. The van der Waals surface area contributed by atoms with Crippen LogP contribution in [0.4, 0.5) is 4.39 Å². The van der Waals surface area contributed by atoms with Crippen molar-refractivity contribution in [1.82, 2.24) is 10.3 Å². The molecule has 1 aliphatic heterocycles. The predicted molar refractivity (Wildman–Crippen MR) is 137 cm³/mol. The predicted octanol–water partition coefficient (Wildman–Crippen LogP) is 5.98. The molecule has 0 atom stereocenters. The summed E-state index contributed by atoms with van der Waals surface area (Å²) in [6.07, 6.45) is 0. The molecule has 1 aliphatic rings. The van der Waals surface area contributed by atoms with Gasteiger partial charge in [0, 0.05) is 27.9 Å². The monoisotopic (exact) mass is 506 g/mol. The molecule has 0 spiro atoms. The van der Waals surface area contributed by atoms with Gasteiger partial charge in [-0.15, -0.1) is 11.3 Å². The van der Waals surface area contributed by atoms with E-state index in [1.165, 1.54) is 17.4 Å².